The second-order valence-corrected chi connectivity index (χ2v) is 6.10. The normalized spacial score (nSPS) is 43.9. The van der Waals surface area contributed by atoms with E-state index in [9.17, 15) is 0 Å². The second-order valence-electron chi connectivity index (χ2n) is 6.10. The highest BCUT2D eigenvalue weighted by Gasteiger charge is 2.51. The quantitative estimate of drug-likeness (QED) is 0.466. The summed E-state index contributed by atoms with van der Waals surface area (Å²) in [6, 6.07) is 0. The molecule has 0 spiro atoms. The Hall–Kier alpha value is -0.530. The number of hydrogen-bond donors (Lipinski definition) is 1. The van der Waals surface area contributed by atoms with E-state index in [2.05, 4.69) is 25.9 Å². The van der Waals surface area contributed by atoms with Crippen LogP contribution in [0.2, 0.25) is 0 Å². The summed E-state index contributed by atoms with van der Waals surface area (Å²) < 4.78 is 0. The molecule has 1 N–H and O–H groups in total. The van der Waals surface area contributed by atoms with Gasteiger partial charge in [-0.3, -0.25) is 0 Å². The molecule has 0 unspecified atom stereocenters. The Bertz CT molecular complexity index is 269. The van der Waals surface area contributed by atoms with Crippen LogP contribution in [-0.4, -0.2) is 10.9 Å². The predicted octanol–water partition coefficient (Wildman–Crippen LogP) is 3.44. The first kappa shape index (κ1) is 10.0. The first-order valence-corrected chi connectivity index (χ1v) is 5.68. The summed E-state index contributed by atoms with van der Waals surface area (Å²) in [5, 5.41) is 12.3. The standard InChI is InChI=1S/C12H21NO/c1-11(2)5-4-6-12(3)8-9(13-14)7-10(11)12/h10,14H,4-8H2,1-3H3/b13-9+/t10-,12-/m0/s1. The molecule has 2 rings (SSSR count). The van der Waals surface area contributed by atoms with E-state index in [-0.39, 0.29) is 0 Å². The average Bonchev–Trinajstić information content (AvgIpc) is 2.43. The summed E-state index contributed by atoms with van der Waals surface area (Å²) in [6.07, 6.45) is 5.99. The van der Waals surface area contributed by atoms with Crippen LogP contribution in [0.25, 0.3) is 0 Å². The third kappa shape index (κ3) is 1.35. The first-order valence-electron chi connectivity index (χ1n) is 5.68. The van der Waals surface area contributed by atoms with Crippen LogP contribution in [0.5, 0.6) is 0 Å². The minimum absolute atomic E-state index is 0.406. The lowest BCUT2D eigenvalue weighted by Crippen LogP contribution is -2.38. The molecule has 0 aromatic rings. The molecule has 80 valence electrons. The molecule has 2 heteroatoms. The number of hydrogen-bond acceptors (Lipinski definition) is 2. The van der Waals surface area contributed by atoms with Gasteiger partial charge < -0.3 is 5.21 Å². The molecule has 0 radical (unpaired) electrons. The molecule has 0 heterocycles. The molecular weight excluding hydrogens is 174 g/mol. The van der Waals surface area contributed by atoms with Crippen LogP contribution in [0.15, 0.2) is 5.16 Å². The van der Waals surface area contributed by atoms with E-state index in [1.807, 2.05) is 0 Å². The Morgan fingerprint density at radius 1 is 1.29 bits per heavy atom. The average molecular weight is 195 g/mol. The SMILES string of the molecule is CC1(C)CCC[C@@]2(C)C/C(=N/O)C[C@@H]12. The van der Waals surface area contributed by atoms with Crippen LogP contribution in [0.3, 0.4) is 0 Å². The minimum Gasteiger partial charge on any atom is -0.411 e. The van der Waals surface area contributed by atoms with Gasteiger partial charge in [-0.15, -0.1) is 0 Å². The zero-order chi connectivity index (χ0) is 10.4. The van der Waals surface area contributed by atoms with E-state index in [1.165, 1.54) is 19.3 Å². The van der Waals surface area contributed by atoms with Gasteiger partial charge in [0.2, 0.25) is 0 Å². The highest BCUT2D eigenvalue weighted by atomic mass is 16.4. The van der Waals surface area contributed by atoms with E-state index < -0.39 is 0 Å². The van der Waals surface area contributed by atoms with Crippen LogP contribution in [0.4, 0.5) is 0 Å². The fraction of sp³-hybridized carbons (Fsp3) is 0.917. The summed E-state index contributed by atoms with van der Waals surface area (Å²) in [6.45, 7) is 7.11. The summed E-state index contributed by atoms with van der Waals surface area (Å²) >= 11 is 0. The van der Waals surface area contributed by atoms with Crippen molar-refractivity contribution in [2.24, 2.45) is 21.9 Å². The Balaban J connectivity index is 2.29. The number of nitrogens with zero attached hydrogens (tertiary/aromatic N) is 1. The first-order chi connectivity index (χ1) is 6.48. The van der Waals surface area contributed by atoms with Gasteiger partial charge in [-0.25, -0.2) is 0 Å². The molecule has 0 aliphatic heterocycles. The van der Waals surface area contributed by atoms with Crippen molar-refractivity contribution in [1.82, 2.24) is 0 Å². The zero-order valence-electron chi connectivity index (χ0n) is 9.51. The Labute approximate surface area is 86.4 Å². The van der Waals surface area contributed by atoms with E-state index >= 15 is 0 Å². The Kier molecular flexibility index (Phi) is 2.13. The van der Waals surface area contributed by atoms with E-state index in [0.717, 1.165) is 24.5 Å². The smallest absolute Gasteiger partial charge is 0.0579 e. The van der Waals surface area contributed by atoms with Gasteiger partial charge in [0.25, 0.3) is 0 Å². The van der Waals surface area contributed by atoms with E-state index in [0.29, 0.717) is 10.8 Å². The van der Waals surface area contributed by atoms with E-state index in [4.69, 9.17) is 5.21 Å². The molecule has 0 bridgehead atoms. The Morgan fingerprint density at radius 3 is 2.57 bits per heavy atom. The highest BCUT2D eigenvalue weighted by Crippen LogP contribution is 2.58. The summed E-state index contributed by atoms with van der Waals surface area (Å²) in [7, 11) is 0. The van der Waals surface area contributed by atoms with Gasteiger partial charge in [0.05, 0.1) is 5.71 Å². The molecule has 2 atom stereocenters. The number of rotatable bonds is 0. The lowest BCUT2D eigenvalue weighted by atomic mass is 9.58. The van der Waals surface area contributed by atoms with Crippen molar-refractivity contribution in [3.8, 4) is 0 Å². The molecule has 0 aromatic heterocycles. The maximum Gasteiger partial charge on any atom is 0.0579 e. The van der Waals surface area contributed by atoms with Crippen molar-refractivity contribution >= 4 is 5.71 Å². The maximum atomic E-state index is 8.89. The topological polar surface area (TPSA) is 32.6 Å². The van der Waals surface area contributed by atoms with Crippen molar-refractivity contribution < 1.29 is 5.21 Å². The van der Waals surface area contributed by atoms with Crippen molar-refractivity contribution in [2.75, 3.05) is 0 Å². The lowest BCUT2D eigenvalue weighted by Gasteiger charge is -2.46. The van der Waals surface area contributed by atoms with Crippen molar-refractivity contribution in [3.63, 3.8) is 0 Å². The van der Waals surface area contributed by atoms with Crippen LogP contribution in [0, 0.1) is 16.7 Å². The fourth-order valence-electron chi connectivity index (χ4n) is 3.82. The van der Waals surface area contributed by atoms with Gasteiger partial charge in [0.1, 0.15) is 0 Å². The molecular formula is C12H21NO. The van der Waals surface area contributed by atoms with Crippen molar-refractivity contribution in [2.45, 2.75) is 52.9 Å². The Morgan fingerprint density at radius 2 is 2.00 bits per heavy atom. The molecule has 0 aromatic carbocycles. The number of fused-ring (bicyclic) bond motifs is 1. The molecule has 2 aliphatic carbocycles. The fourth-order valence-corrected chi connectivity index (χ4v) is 3.82. The predicted molar refractivity (Wildman–Crippen MR) is 57.7 cm³/mol. The van der Waals surface area contributed by atoms with Crippen LogP contribution in [0.1, 0.15) is 52.9 Å². The summed E-state index contributed by atoms with van der Waals surface area (Å²) in [5.41, 5.74) is 1.86. The molecule has 2 aliphatic rings. The van der Waals surface area contributed by atoms with Crippen LogP contribution in [-0.2, 0) is 0 Å². The minimum atomic E-state index is 0.406. The monoisotopic (exact) mass is 195 g/mol. The van der Waals surface area contributed by atoms with Gasteiger partial charge in [0, 0.05) is 0 Å². The molecule has 14 heavy (non-hydrogen) atoms. The van der Waals surface area contributed by atoms with Crippen LogP contribution < -0.4 is 0 Å². The van der Waals surface area contributed by atoms with Crippen LogP contribution >= 0.6 is 0 Å². The van der Waals surface area contributed by atoms with Gasteiger partial charge in [-0.2, -0.15) is 0 Å². The summed E-state index contributed by atoms with van der Waals surface area (Å²) in [5.74, 6) is 0.717. The molecule has 2 nitrogen and oxygen atoms in total. The third-order valence-electron chi connectivity index (χ3n) is 4.54. The molecule has 0 saturated heterocycles. The van der Waals surface area contributed by atoms with Gasteiger partial charge in [-0.05, 0) is 42.4 Å². The zero-order valence-corrected chi connectivity index (χ0v) is 9.51. The summed E-state index contributed by atoms with van der Waals surface area (Å²) in [4.78, 5) is 0. The van der Waals surface area contributed by atoms with Gasteiger partial charge in [-0.1, -0.05) is 32.3 Å². The second kappa shape index (κ2) is 2.98. The highest BCUT2D eigenvalue weighted by molar-refractivity contribution is 5.87. The largest absolute Gasteiger partial charge is 0.411 e. The van der Waals surface area contributed by atoms with Crippen molar-refractivity contribution in [3.05, 3.63) is 0 Å². The van der Waals surface area contributed by atoms with E-state index in [1.54, 1.807) is 0 Å². The maximum absolute atomic E-state index is 8.89. The molecule has 2 saturated carbocycles. The third-order valence-corrected chi connectivity index (χ3v) is 4.54. The number of oxime groups is 1. The lowest BCUT2D eigenvalue weighted by molar-refractivity contribution is 0.0286. The molecule has 2 fully saturated rings. The van der Waals surface area contributed by atoms with Gasteiger partial charge >= 0.3 is 0 Å². The van der Waals surface area contributed by atoms with Gasteiger partial charge in [0.15, 0.2) is 0 Å². The van der Waals surface area contributed by atoms with Crippen molar-refractivity contribution in [1.29, 1.82) is 0 Å². The molecule has 0 amide bonds.